The minimum Gasteiger partial charge on any atom is -0.446 e. The van der Waals surface area contributed by atoms with Gasteiger partial charge in [-0.25, -0.2) is 9.78 Å². The molecule has 0 saturated heterocycles. The fraction of sp³-hybridized carbons (Fsp3) is 0.333. The fourth-order valence-electron chi connectivity index (χ4n) is 1.35. The third kappa shape index (κ3) is 3.10. The van der Waals surface area contributed by atoms with Crippen LogP contribution < -0.4 is 10.6 Å². The maximum Gasteiger partial charge on any atom is 0.327 e. The second kappa shape index (κ2) is 5.22. The second-order valence-corrected chi connectivity index (χ2v) is 5.27. The van der Waals surface area contributed by atoms with Crippen molar-refractivity contribution in [2.75, 3.05) is 10.6 Å². The van der Waals surface area contributed by atoms with E-state index in [4.69, 9.17) is 4.42 Å². The molecule has 0 aromatic carbocycles. The lowest BCUT2D eigenvalue weighted by Gasteiger charge is -2.01. The highest BCUT2D eigenvalue weighted by molar-refractivity contribution is 7.15. The van der Waals surface area contributed by atoms with Crippen LogP contribution in [-0.4, -0.2) is 11.0 Å². The van der Waals surface area contributed by atoms with Gasteiger partial charge in [-0.2, -0.15) is 0 Å². The lowest BCUT2D eigenvalue weighted by molar-refractivity contribution is 0.261. The summed E-state index contributed by atoms with van der Waals surface area (Å²) in [6, 6.07) is 3.14. The molecule has 0 aliphatic heterocycles. The van der Waals surface area contributed by atoms with Crippen molar-refractivity contribution in [3.05, 3.63) is 29.0 Å². The third-order valence-electron chi connectivity index (χ3n) is 2.29. The van der Waals surface area contributed by atoms with E-state index in [0.717, 1.165) is 10.6 Å². The van der Waals surface area contributed by atoms with E-state index in [0.29, 0.717) is 16.9 Å². The summed E-state index contributed by atoms with van der Waals surface area (Å²) in [6.45, 7) is 5.99. The number of anilines is 2. The molecule has 0 aliphatic rings. The standard InChI is InChI=1S/C12H15N3O2S/c1-7(2)9-6-13-12(18-9)15-11(16)14-10-5-4-8(3)17-10/h4-7H,1-3H3,(H2,13,14,15,16). The van der Waals surface area contributed by atoms with Gasteiger partial charge in [-0.15, -0.1) is 11.3 Å². The quantitative estimate of drug-likeness (QED) is 0.886. The Hall–Kier alpha value is -1.82. The number of nitrogens with zero attached hydrogens (tertiary/aromatic N) is 1. The Labute approximate surface area is 109 Å². The molecule has 96 valence electrons. The topological polar surface area (TPSA) is 67.2 Å². The maximum absolute atomic E-state index is 11.7. The summed E-state index contributed by atoms with van der Waals surface area (Å²) in [7, 11) is 0. The maximum atomic E-state index is 11.7. The summed E-state index contributed by atoms with van der Waals surface area (Å²) in [5.74, 6) is 1.58. The predicted octanol–water partition coefficient (Wildman–Crippen LogP) is 3.81. The number of hydrogen-bond donors (Lipinski definition) is 2. The van der Waals surface area contributed by atoms with Crippen LogP contribution in [0.1, 0.15) is 30.4 Å². The van der Waals surface area contributed by atoms with Crippen LogP contribution in [0.25, 0.3) is 0 Å². The molecule has 6 heteroatoms. The monoisotopic (exact) mass is 265 g/mol. The summed E-state index contributed by atoms with van der Waals surface area (Å²) >= 11 is 1.47. The van der Waals surface area contributed by atoms with Crippen molar-refractivity contribution in [2.24, 2.45) is 0 Å². The molecule has 0 atom stereocenters. The summed E-state index contributed by atoms with van der Waals surface area (Å²) in [5, 5.41) is 5.85. The van der Waals surface area contributed by atoms with Crippen LogP contribution >= 0.6 is 11.3 Å². The van der Waals surface area contributed by atoms with Gasteiger partial charge < -0.3 is 4.42 Å². The number of amides is 2. The Bertz CT molecular complexity index is 545. The highest BCUT2D eigenvalue weighted by atomic mass is 32.1. The van der Waals surface area contributed by atoms with Crippen LogP contribution in [0.3, 0.4) is 0 Å². The number of rotatable bonds is 3. The molecule has 0 fully saturated rings. The first kappa shape index (κ1) is 12.6. The Morgan fingerprint density at radius 3 is 2.72 bits per heavy atom. The van der Waals surface area contributed by atoms with Gasteiger partial charge >= 0.3 is 6.03 Å². The molecule has 2 aromatic rings. The van der Waals surface area contributed by atoms with E-state index >= 15 is 0 Å². The fourth-order valence-corrected chi connectivity index (χ4v) is 2.17. The number of aromatic nitrogens is 1. The van der Waals surface area contributed by atoms with Crippen LogP contribution in [0.4, 0.5) is 15.8 Å². The molecule has 0 radical (unpaired) electrons. The van der Waals surface area contributed by atoms with Gasteiger partial charge in [0.25, 0.3) is 0 Å². The number of carbonyl (C=O) groups excluding carboxylic acids is 1. The van der Waals surface area contributed by atoms with Gasteiger partial charge in [-0.05, 0) is 18.9 Å². The van der Waals surface area contributed by atoms with Crippen molar-refractivity contribution in [1.29, 1.82) is 0 Å². The lowest BCUT2D eigenvalue weighted by Crippen LogP contribution is -2.18. The Morgan fingerprint density at radius 1 is 1.39 bits per heavy atom. The van der Waals surface area contributed by atoms with E-state index in [1.54, 1.807) is 18.3 Å². The number of carbonyl (C=O) groups is 1. The average molecular weight is 265 g/mol. The minimum absolute atomic E-state index is 0.353. The number of aryl methyl sites for hydroxylation is 1. The average Bonchev–Trinajstić information content (AvgIpc) is 2.88. The van der Waals surface area contributed by atoms with Crippen molar-refractivity contribution in [3.8, 4) is 0 Å². The summed E-state index contributed by atoms with van der Waals surface area (Å²) in [4.78, 5) is 16.9. The number of thiazole rings is 1. The first-order valence-corrected chi connectivity index (χ1v) is 6.46. The molecule has 2 rings (SSSR count). The van der Waals surface area contributed by atoms with E-state index < -0.39 is 0 Å². The molecule has 0 spiro atoms. The molecule has 2 aromatic heterocycles. The van der Waals surface area contributed by atoms with Gasteiger partial charge in [0.2, 0.25) is 5.88 Å². The van der Waals surface area contributed by atoms with Crippen LogP contribution in [0, 0.1) is 6.92 Å². The Morgan fingerprint density at radius 2 is 2.17 bits per heavy atom. The van der Waals surface area contributed by atoms with Crippen molar-refractivity contribution in [3.63, 3.8) is 0 Å². The molecule has 5 nitrogen and oxygen atoms in total. The minimum atomic E-state index is -0.353. The highest BCUT2D eigenvalue weighted by Crippen LogP contribution is 2.25. The van der Waals surface area contributed by atoms with Gasteiger partial charge in [0, 0.05) is 17.1 Å². The molecule has 18 heavy (non-hydrogen) atoms. The number of hydrogen-bond acceptors (Lipinski definition) is 4. The van der Waals surface area contributed by atoms with Crippen LogP contribution in [0.2, 0.25) is 0 Å². The molecule has 0 aliphatic carbocycles. The summed E-state index contributed by atoms with van der Waals surface area (Å²) < 4.78 is 5.25. The van der Waals surface area contributed by atoms with E-state index in [9.17, 15) is 4.79 Å². The van der Waals surface area contributed by atoms with Crippen molar-refractivity contribution in [2.45, 2.75) is 26.7 Å². The zero-order valence-electron chi connectivity index (χ0n) is 10.5. The first-order valence-electron chi connectivity index (χ1n) is 5.65. The van der Waals surface area contributed by atoms with Crippen LogP contribution in [-0.2, 0) is 0 Å². The van der Waals surface area contributed by atoms with Gasteiger partial charge in [0.1, 0.15) is 5.76 Å². The van der Waals surface area contributed by atoms with Crippen LogP contribution in [0.5, 0.6) is 0 Å². The van der Waals surface area contributed by atoms with Gasteiger partial charge in [-0.3, -0.25) is 10.6 Å². The zero-order chi connectivity index (χ0) is 13.1. The molecule has 2 amide bonds. The normalized spacial score (nSPS) is 10.7. The largest absolute Gasteiger partial charge is 0.446 e. The van der Waals surface area contributed by atoms with E-state index in [1.807, 2.05) is 6.92 Å². The van der Waals surface area contributed by atoms with E-state index in [2.05, 4.69) is 29.5 Å². The number of nitrogens with one attached hydrogen (secondary N) is 2. The molecule has 0 unspecified atom stereocenters. The molecule has 2 heterocycles. The molecule has 2 N–H and O–H groups in total. The van der Waals surface area contributed by atoms with Crippen molar-refractivity contribution < 1.29 is 9.21 Å². The Kier molecular flexibility index (Phi) is 3.66. The Balaban J connectivity index is 1.94. The number of urea groups is 1. The van der Waals surface area contributed by atoms with E-state index in [-0.39, 0.29) is 6.03 Å². The zero-order valence-corrected chi connectivity index (χ0v) is 11.3. The first-order chi connectivity index (χ1) is 8.54. The lowest BCUT2D eigenvalue weighted by atomic mass is 10.2. The van der Waals surface area contributed by atoms with E-state index in [1.165, 1.54) is 11.3 Å². The van der Waals surface area contributed by atoms with Crippen molar-refractivity contribution >= 4 is 28.4 Å². The van der Waals surface area contributed by atoms with Crippen molar-refractivity contribution in [1.82, 2.24) is 4.98 Å². The molecular weight excluding hydrogens is 250 g/mol. The smallest absolute Gasteiger partial charge is 0.327 e. The number of furan rings is 1. The summed E-state index contributed by atoms with van der Waals surface area (Å²) in [6.07, 6.45) is 1.78. The molecule has 0 bridgehead atoms. The third-order valence-corrected chi connectivity index (χ3v) is 3.50. The molecular formula is C12H15N3O2S. The van der Waals surface area contributed by atoms with Gasteiger partial charge in [0.05, 0.1) is 0 Å². The van der Waals surface area contributed by atoms with Crippen LogP contribution in [0.15, 0.2) is 22.7 Å². The SMILES string of the molecule is Cc1ccc(NC(=O)Nc2ncc(C(C)C)s2)o1. The second-order valence-electron chi connectivity index (χ2n) is 4.21. The van der Waals surface area contributed by atoms with Gasteiger partial charge in [-0.1, -0.05) is 13.8 Å². The highest BCUT2D eigenvalue weighted by Gasteiger charge is 2.09. The summed E-state index contributed by atoms with van der Waals surface area (Å²) in [5.41, 5.74) is 0. The predicted molar refractivity (Wildman–Crippen MR) is 72.3 cm³/mol. The molecule has 0 saturated carbocycles. The van der Waals surface area contributed by atoms with Gasteiger partial charge in [0.15, 0.2) is 5.13 Å².